The number of hydrogen-bond donors (Lipinski definition) is 0. The monoisotopic (exact) mass is 279 g/mol. The first-order valence-electron chi connectivity index (χ1n) is 7.62. The van der Waals surface area contributed by atoms with Crippen molar-refractivity contribution >= 4 is 5.91 Å². The van der Waals surface area contributed by atoms with Crippen molar-refractivity contribution in [2.45, 2.75) is 58.6 Å². The van der Waals surface area contributed by atoms with Gasteiger partial charge in [-0.2, -0.15) is 0 Å². The Labute approximate surface area is 121 Å². The first-order chi connectivity index (χ1) is 9.63. The fourth-order valence-electron chi connectivity index (χ4n) is 2.86. The summed E-state index contributed by atoms with van der Waals surface area (Å²) in [6.07, 6.45) is 3.95. The van der Waals surface area contributed by atoms with E-state index in [1.165, 1.54) is 6.42 Å². The summed E-state index contributed by atoms with van der Waals surface area (Å²) < 4.78 is 11.2. The molecule has 0 aliphatic carbocycles. The summed E-state index contributed by atoms with van der Waals surface area (Å²) in [7, 11) is 0. The molecule has 0 radical (unpaired) electrons. The van der Waals surface area contributed by atoms with Gasteiger partial charge in [0.1, 0.15) is 17.6 Å². The Morgan fingerprint density at radius 2 is 2.25 bits per heavy atom. The number of hydrogen-bond acceptors (Lipinski definition) is 3. The van der Waals surface area contributed by atoms with Crippen molar-refractivity contribution in [1.82, 2.24) is 4.90 Å². The molecule has 4 nitrogen and oxygen atoms in total. The summed E-state index contributed by atoms with van der Waals surface area (Å²) in [6, 6.07) is 4.02. The number of nitrogens with zero attached hydrogens (tertiary/aromatic N) is 1. The van der Waals surface area contributed by atoms with Crippen molar-refractivity contribution in [3.63, 3.8) is 0 Å². The van der Waals surface area contributed by atoms with Gasteiger partial charge in [0.2, 0.25) is 0 Å². The molecule has 0 bridgehead atoms. The summed E-state index contributed by atoms with van der Waals surface area (Å²) in [4.78, 5) is 14.5. The molecule has 2 heterocycles. The van der Waals surface area contributed by atoms with Crippen molar-refractivity contribution in [2.75, 3.05) is 13.2 Å². The minimum absolute atomic E-state index is 0.0570. The van der Waals surface area contributed by atoms with Crippen LogP contribution in [0.1, 0.15) is 57.1 Å². The van der Waals surface area contributed by atoms with E-state index in [1.54, 1.807) is 0 Å². The third-order valence-corrected chi connectivity index (χ3v) is 3.89. The summed E-state index contributed by atoms with van der Waals surface area (Å²) >= 11 is 0. The molecule has 2 rings (SSSR count). The maximum Gasteiger partial charge on any atom is 0.252 e. The zero-order chi connectivity index (χ0) is 14.5. The number of ether oxygens (including phenoxy) is 1. The molecule has 1 aliphatic heterocycles. The van der Waals surface area contributed by atoms with Gasteiger partial charge in [0.25, 0.3) is 5.91 Å². The lowest BCUT2D eigenvalue weighted by Crippen LogP contribution is -2.41. The van der Waals surface area contributed by atoms with Crippen LogP contribution in [0, 0.1) is 6.92 Å². The Balaban J connectivity index is 2.18. The molecule has 1 fully saturated rings. The van der Waals surface area contributed by atoms with Gasteiger partial charge in [0.15, 0.2) is 0 Å². The van der Waals surface area contributed by atoms with Crippen molar-refractivity contribution < 1.29 is 13.9 Å². The van der Waals surface area contributed by atoms with E-state index < -0.39 is 0 Å². The van der Waals surface area contributed by atoms with Crippen LogP contribution in [-0.2, 0) is 9.53 Å². The van der Waals surface area contributed by atoms with E-state index in [4.69, 9.17) is 9.15 Å². The second-order valence-electron chi connectivity index (χ2n) is 5.44. The standard InChI is InChI=1S/C16H25NO3/c1-4-19-13(3)16(18)17-11-7-5-6-8-14(17)15-10-9-12(2)20-15/h9-10,13-14H,4-8,11H2,1-3H3/t13-,14+/m0/s1. The molecule has 1 amide bonds. The number of rotatable bonds is 4. The third kappa shape index (κ3) is 3.42. The third-order valence-electron chi connectivity index (χ3n) is 3.89. The van der Waals surface area contributed by atoms with Crippen molar-refractivity contribution in [3.8, 4) is 0 Å². The molecule has 4 heteroatoms. The van der Waals surface area contributed by atoms with E-state index in [9.17, 15) is 4.79 Å². The van der Waals surface area contributed by atoms with Gasteiger partial charge < -0.3 is 14.1 Å². The highest BCUT2D eigenvalue weighted by atomic mass is 16.5. The highest BCUT2D eigenvalue weighted by Gasteiger charge is 2.31. The van der Waals surface area contributed by atoms with Crippen molar-refractivity contribution in [3.05, 3.63) is 23.7 Å². The first-order valence-corrected chi connectivity index (χ1v) is 7.62. The Kier molecular flexibility index (Phi) is 5.24. The molecule has 1 saturated heterocycles. The molecule has 2 atom stereocenters. The fourth-order valence-corrected chi connectivity index (χ4v) is 2.86. The second kappa shape index (κ2) is 6.93. The average molecular weight is 279 g/mol. The maximum absolute atomic E-state index is 12.6. The lowest BCUT2D eigenvalue weighted by atomic mass is 10.1. The van der Waals surface area contributed by atoms with Crippen LogP contribution in [0.3, 0.4) is 0 Å². The second-order valence-corrected chi connectivity index (χ2v) is 5.44. The van der Waals surface area contributed by atoms with Gasteiger partial charge in [-0.15, -0.1) is 0 Å². The maximum atomic E-state index is 12.6. The van der Waals surface area contributed by atoms with Gasteiger partial charge in [0.05, 0.1) is 6.04 Å². The molecule has 0 saturated carbocycles. The number of amides is 1. The van der Waals surface area contributed by atoms with Crippen LogP contribution in [-0.4, -0.2) is 30.1 Å². The number of carbonyl (C=O) groups excluding carboxylic acids is 1. The van der Waals surface area contributed by atoms with Gasteiger partial charge in [-0.05, 0) is 45.7 Å². The normalized spacial score (nSPS) is 21.6. The van der Waals surface area contributed by atoms with Gasteiger partial charge >= 0.3 is 0 Å². The molecule has 1 aromatic rings. The molecule has 0 unspecified atom stereocenters. The van der Waals surface area contributed by atoms with Crippen LogP contribution in [0.25, 0.3) is 0 Å². The highest BCUT2D eigenvalue weighted by molar-refractivity contribution is 5.81. The quantitative estimate of drug-likeness (QED) is 0.847. The Morgan fingerprint density at radius 3 is 2.90 bits per heavy atom. The van der Waals surface area contributed by atoms with Crippen LogP contribution in [0.15, 0.2) is 16.5 Å². The van der Waals surface area contributed by atoms with Crippen LogP contribution in [0.2, 0.25) is 0 Å². The molecule has 0 spiro atoms. The molecular weight excluding hydrogens is 254 g/mol. The van der Waals surface area contributed by atoms with E-state index >= 15 is 0 Å². The lowest BCUT2D eigenvalue weighted by Gasteiger charge is -2.30. The number of carbonyl (C=O) groups is 1. The molecule has 0 N–H and O–H groups in total. The SMILES string of the molecule is CCO[C@@H](C)C(=O)N1CCCCC[C@@H]1c1ccc(C)o1. The van der Waals surface area contributed by atoms with Crippen LogP contribution in [0.4, 0.5) is 0 Å². The number of likely N-dealkylation sites (tertiary alicyclic amines) is 1. The van der Waals surface area contributed by atoms with Crippen molar-refractivity contribution in [1.29, 1.82) is 0 Å². The van der Waals surface area contributed by atoms with Crippen LogP contribution >= 0.6 is 0 Å². The van der Waals surface area contributed by atoms with E-state index in [2.05, 4.69) is 0 Å². The van der Waals surface area contributed by atoms with E-state index in [0.29, 0.717) is 6.61 Å². The minimum Gasteiger partial charge on any atom is -0.464 e. The molecular formula is C16H25NO3. The van der Waals surface area contributed by atoms with Crippen LogP contribution < -0.4 is 0 Å². The topological polar surface area (TPSA) is 42.7 Å². The fraction of sp³-hybridized carbons (Fsp3) is 0.688. The lowest BCUT2D eigenvalue weighted by molar-refractivity contribution is -0.145. The zero-order valence-electron chi connectivity index (χ0n) is 12.7. The summed E-state index contributed by atoms with van der Waals surface area (Å²) in [5.74, 6) is 1.88. The smallest absolute Gasteiger partial charge is 0.252 e. The Bertz CT molecular complexity index is 441. The molecule has 20 heavy (non-hydrogen) atoms. The number of aryl methyl sites for hydroxylation is 1. The molecule has 1 aromatic heterocycles. The molecule has 112 valence electrons. The van der Waals surface area contributed by atoms with Crippen LogP contribution in [0.5, 0.6) is 0 Å². The van der Waals surface area contributed by atoms with E-state index in [1.807, 2.05) is 37.8 Å². The predicted molar refractivity (Wildman–Crippen MR) is 77.5 cm³/mol. The average Bonchev–Trinajstić information content (AvgIpc) is 2.72. The molecule has 1 aliphatic rings. The van der Waals surface area contributed by atoms with E-state index in [0.717, 1.165) is 37.3 Å². The van der Waals surface area contributed by atoms with Gasteiger partial charge in [-0.1, -0.05) is 12.8 Å². The largest absolute Gasteiger partial charge is 0.464 e. The number of furan rings is 1. The summed E-state index contributed by atoms with van der Waals surface area (Å²) in [6.45, 7) is 7.04. The zero-order valence-corrected chi connectivity index (χ0v) is 12.7. The van der Waals surface area contributed by atoms with Gasteiger partial charge in [-0.3, -0.25) is 4.79 Å². The predicted octanol–water partition coefficient (Wildman–Crippen LogP) is 3.46. The summed E-state index contributed by atoms with van der Waals surface area (Å²) in [5.41, 5.74) is 0. The van der Waals surface area contributed by atoms with Gasteiger partial charge in [-0.25, -0.2) is 0 Å². The Hall–Kier alpha value is -1.29. The first kappa shape index (κ1) is 15.1. The molecule has 0 aromatic carbocycles. The Morgan fingerprint density at radius 1 is 1.45 bits per heavy atom. The van der Waals surface area contributed by atoms with Gasteiger partial charge in [0, 0.05) is 13.2 Å². The minimum atomic E-state index is -0.378. The summed E-state index contributed by atoms with van der Waals surface area (Å²) in [5, 5.41) is 0. The van der Waals surface area contributed by atoms with E-state index in [-0.39, 0.29) is 18.1 Å². The van der Waals surface area contributed by atoms with Crippen molar-refractivity contribution in [2.24, 2.45) is 0 Å². The highest BCUT2D eigenvalue weighted by Crippen LogP contribution is 2.31.